The maximum atomic E-state index is 13.3. The summed E-state index contributed by atoms with van der Waals surface area (Å²) in [5.41, 5.74) is 10.2. The molecule has 0 spiro atoms. The minimum atomic E-state index is -0.811. The van der Waals surface area contributed by atoms with Gasteiger partial charge in [-0.15, -0.1) is 0 Å². The Morgan fingerprint density at radius 1 is 0.918 bits per heavy atom. The quantitative estimate of drug-likeness (QED) is 0.199. The Hall–Kier alpha value is -2.81. The van der Waals surface area contributed by atoms with Crippen LogP contribution in [0.2, 0.25) is 0 Å². The molecule has 274 valence electrons. The molecular formula is C37H57N3O9. The molecule has 49 heavy (non-hydrogen) atoms. The number of aliphatic hydroxyl groups is 1. The molecule has 2 aromatic carbocycles. The second kappa shape index (κ2) is 20.1. The number of hydrogen-bond donors (Lipinski definition) is 2. The molecule has 0 aliphatic carbocycles. The molecule has 2 aliphatic rings. The van der Waals surface area contributed by atoms with Crippen molar-refractivity contribution < 1.29 is 43.1 Å². The maximum absolute atomic E-state index is 13.3. The summed E-state index contributed by atoms with van der Waals surface area (Å²) in [6.07, 6.45) is -0.766. The van der Waals surface area contributed by atoms with E-state index in [4.69, 9.17) is 38.9 Å². The zero-order chi connectivity index (χ0) is 35.2. The number of piperidine rings is 1. The predicted octanol–water partition coefficient (Wildman–Crippen LogP) is 2.97. The van der Waals surface area contributed by atoms with Crippen molar-refractivity contribution in [3.05, 3.63) is 59.2 Å². The van der Waals surface area contributed by atoms with E-state index in [1.54, 1.807) is 26.0 Å². The first kappa shape index (κ1) is 39.0. The molecule has 0 bridgehead atoms. The first-order valence-electron chi connectivity index (χ1n) is 17.3. The largest absolute Gasteiger partial charge is 0.490 e. The van der Waals surface area contributed by atoms with Crippen LogP contribution in [0.15, 0.2) is 42.5 Å². The number of aliphatic hydroxyl groups excluding tert-OH is 1. The van der Waals surface area contributed by atoms with Crippen molar-refractivity contribution in [1.29, 1.82) is 0 Å². The number of carbonyl (C=O) groups excluding carboxylic acids is 1. The fourth-order valence-corrected chi connectivity index (χ4v) is 6.45. The highest BCUT2D eigenvalue weighted by molar-refractivity contribution is 5.81. The van der Waals surface area contributed by atoms with E-state index in [1.807, 2.05) is 12.1 Å². The molecule has 4 rings (SSSR count). The molecule has 0 unspecified atom stereocenters. The Labute approximate surface area is 291 Å². The number of rotatable bonds is 20. The molecule has 12 heteroatoms. The van der Waals surface area contributed by atoms with Crippen molar-refractivity contribution in [3.8, 4) is 5.75 Å². The lowest BCUT2D eigenvalue weighted by atomic mass is 9.83. The normalized spacial score (nSPS) is 21.2. The minimum Gasteiger partial charge on any atom is -0.490 e. The van der Waals surface area contributed by atoms with Crippen LogP contribution in [0.25, 0.3) is 0 Å². The topological polar surface area (TPSA) is 134 Å². The summed E-state index contributed by atoms with van der Waals surface area (Å²) in [4.78, 5) is 17.3. The number of fused-ring (bicyclic) bond motifs is 1. The van der Waals surface area contributed by atoms with Crippen LogP contribution in [-0.2, 0) is 46.4 Å². The summed E-state index contributed by atoms with van der Waals surface area (Å²) in [5.74, 6) is 0.761. The zero-order valence-electron chi connectivity index (χ0n) is 29.9. The number of carbonyl (C=O) groups is 1. The summed E-state index contributed by atoms with van der Waals surface area (Å²) in [6, 6.07) is 13.8. The van der Waals surface area contributed by atoms with Crippen molar-refractivity contribution in [1.82, 2.24) is 4.90 Å². The van der Waals surface area contributed by atoms with E-state index >= 15 is 0 Å². The molecule has 3 N–H and O–H groups in total. The van der Waals surface area contributed by atoms with Gasteiger partial charge in [-0.25, -0.2) is 0 Å². The van der Waals surface area contributed by atoms with Gasteiger partial charge in [-0.1, -0.05) is 37.3 Å². The number of methoxy groups -OCH3 is 3. The van der Waals surface area contributed by atoms with Gasteiger partial charge in [0, 0.05) is 59.4 Å². The van der Waals surface area contributed by atoms with Gasteiger partial charge < -0.3 is 53.8 Å². The van der Waals surface area contributed by atoms with Gasteiger partial charge in [0.2, 0.25) is 5.91 Å². The third-order valence-electron chi connectivity index (χ3n) is 8.87. The Morgan fingerprint density at radius 3 is 2.33 bits per heavy atom. The van der Waals surface area contributed by atoms with Crippen LogP contribution in [0.3, 0.4) is 0 Å². The van der Waals surface area contributed by atoms with Crippen LogP contribution < -0.4 is 15.4 Å². The summed E-state index contributed by atoms with van der Waals surface area (Å²) >= 11 is 0. The molecule has 0 aromatic heterocycles. The van der Waals surface area contributed by atoms with Crippen LogP contribution in [0.1, 0.15) is 42.9 Å². The number of nitrogens with two attached hydrogens (primary N) is 1. The zero-order valence-corrected chi connectivity index (χ0v) is 29.9. The van der Waals surface area contributed by atoms with Crippen molar-refractivity contribution in [2.75, 3.05) is 92.0 Å². The molecule has 2 heterocycles. The van der Waals surface area contributed by atoms with E-state index in [9.17, 15) is 9.90 Å². The number of nitrogens with zero attached hydrogens (tertiary/aromatic N) is 2. The highest BCUT2D eigenvalue weighted by atomic mass is 16.5. The molecule has 6 atom stereocenters. The van der Waals surface area contributed by atoms with E-state index in [0.29, 0.717) is 58.6 Å². The lowest BCUT2D eigenvalue weighted by Crippen LogP contribution is -2.57. The van der Waals surface area contributed by atoms with E-state index in [0.717, 1.165) is 47.6 Å². The van der Waals surface area contributed by atoms with E-state index in [2.05, 4.69) is 42.2 Å². The van der Waals surface area contributed by atoms with Gasteiger partial charge in [-0.05, 0) is 42.2 Å². The van der Waals surface area contributed by atoms with Crippen molar-refractivity contribution in [2.24, 2.45) is 11.7 Å². The van der Waals surface area contributed by atoms with Gasteiger partial charge in [-0.2, -0.15) is 0 Å². The Balaban J connectivity index is 1.57. The van der Waals surface area contributed by atoms with Gasteiger partial charge >= 0.3 is 0 Å². The number of likely N-dealkylation sites (tertiary alicyclic amines) is 1. The van der Waals surface area contributed by atoms with E-state index in [1.165, 1.54) is 7.11 Å². The molecule has 0 saturated carbocycles. The lowest BCUT2D eigenvalue weighted by Gasteiger charge is -2.44. The van der Waals surface area contributed by atoms with Crippen LogP contribution in [0.4, 0.5) is 5.69 Å². The number of ether oxygens (including phenoxy) is 7. The van der Waals surface area contributed by atoms with Crippen molar-refractivity contribution in [2.45, 2.75) is 63.8 Å². The van der Waals surface area contributed by atoms with Gasteiger partial charge in [-0.3, -0.25) is 4.79 Å². The van der Waals surface area contributed by atoms with E-state index < -0.39 is 24.4 Å². The maximum Gasteiger partial charge on any atom is 0.239 e. The number of anilines is 1. The highest BCUT2D eigenvalue weighted by Crippen LogP contribution is 2.36. The standard InChI is InChI=1S/C37H57N3O9/c1-26(20-44-4)21-46-22-28-7-10-30(11-8-28)36-34(18-40(37(42)27(2)38)19-35(36)49-25-31(41)24-45-5)48-23-29-9-12-33-32(17-29)39(14-16-47-33)13-6-15-43-3/h7-12,17,26-27,31,34-36,41H,6,13-16,18-25,38H2,1-5H3/t26-,27-,31+,34-,35+,36+/m0/s1. The molecule has 2 aromatic rings. The van der Waals surface area contributed by atoms with Crippen LogP contribution in [0.5, 0.6) is 5.75 Å². The Bertz CT molecular complexity index is 1260. The van der Waals surface area contributed by atoms with Crippen LogP contribution >= 0.6 is 0 Å². The molecule has 2 aliphatic heterocycles. The molecule has 1 fully saturated rings. The molecular weight excluding hydrogens is 630 g/mol. The van der Waals surface area contributed by atoms with Gasteiger partial charge in [0.15, 0.2) is 0 Å². The fourth-order valence-electron chi connectivity index (χ4n) is 6.45. The predicted molar refractivity (Wildman–Crippen MR) is 187 cm³/mol. The van der Waals surface area contributed by atoms with Gasteiger partial charge in [0.05, 0.1) is 70.1 Å². The highest BCUT2D eigenvalue weighted by Gasteiger charge is 2.41. The summed E-state index contributed by atoms with van der Waals surface area (Å²) < 4.78 is 40.6. The first-order chi connectivity index (χ1) is 23.7. The summed E-state index contributed by atoms with van der Waals surface area (Å²) in [5, 5.41) is 10.5. The molecule has 12 nitrogen and oxygen atoms in total. The smallest absolute Gasteiger partial charge is 0.239 e. The van der Waals surface area contributed by atoms with Crippen molar-refractivity contribution >= 4 is 11.6 Å². The second-order valence-electron chi connectivity index (χ2n) is 13.2. The fraction of sp³-hybridized carbons (Fsp3) is 0.649. The van der Waals surface area contributed by atoms with Crippen molar-refractivity contribution in [3.63, 3.8) is 0 Å². The van der Waals surface area contributed by atoms with Crippen LogP contribution in [-0.4, -0.2) is 127 Å². The Morgan fingerprint density at radius 2 is 1.63 bits per heavy atom. The lowest BCUT2D eigenvalue weighted by molar-refractivity contribution is -0.149. The number of benzene rings is 2. The minimum absolute atomic E-state index is 0.0528. The average Bonchev–Trinajstić information content (AvgIpc) is 3.10. The summed E-state index contributed by atoms with van der Waals surface area (Å²) in [6.45, 7) is 9.73. The third-order valence-corrected chi connectivity index (χ3v) is 8.87. The number of amides is 1. The SMILES string of the molecule is COCCCN1CCOc2ccc(CO[C@H]3CN(C(=O)[C@H](C)N)C[C@@H](OC[C@H](O)COC)[C@@H]3c3ccc(COC[C@@H](C)COC)cc3)cc21. The third kappa shape index (κ3) is 11.6. The first-order valence-corrected chi connectivity index (χ1v) is 17.3. The molecule has 1 amide bonds. The number of hydrogen-bond acceptors (Lipinski definition) is 11. The monoisotopic (exact) mass is 687 g/mol. The molecule has 1 saturated heterocycles. The van der Waals surface area contributed by atoms with Gasteiger partial charge in [0.1, 0.15) is 18.5 Å². The summed E-state index contributed by atoms with van der Waals surface area (Å²) in [7, 11) is 4.95. The van der Waals surface area contributed by atoms with Crippen LogP contribution in [0, 0.1) is 5.92 Å². The Kier molecular flexibility index (Phi) is 16.0. The second-order valence-corrected chi connectivity index (χ2v) is 13.2. The van der Waals surface area contributed by atoms with E-state index in [-0.39, 0.29) is 25.0 Å². The molecule has 0 radical (unpaired) electrons. The average molecular weight is 688 g/mol. The van der Waals surface area contributed by atoms with Gasteiger partial charge in [0.25, 0.3) is 0 Å².